The van der Waals surface area contributed by atoms with E-state index in [4.69, 9.17) is 9.15 Å². The van der Waals surface area contributed by atoms with E-state index >= 15 is 0 Å². The van der Waals surface area contributed by atoms with Gasteiger partial charge in [0.25, 0.3) is 0 Å². The molecule has 0 radical (unpaired) electrons. The Balaban J connectivity index is 1.35. The van der Waals surface area contributed by atoms with Gasteiger partial charge in [0.05, 0.1) is 12.7 Å². The number of nitrogens with zero attached hydrogens (tertiary/aromatic N) is 2. The molecule has 1 aliphatic heterocycles. The zero-order valence-electron chi connectivity index (χ0n) is 13.3. The van der Waals surface area contributed by atoms with E-state index < -0.39 is 0 Å². The summed E-state index contributed by atoms with van der Waals surface area (Å²) in [5, 5.41) is 1.16. The Bertz CT molecular complexity index is 784. The van der Waals surface area contributed by atoms with Gasteiger partial charge in [0.2, 0.25) is 5.89 Å². The highest BCUT2D eigenvalue weighted by atomic mass is 16.5. The van der Waals surface area contributed by atoms with Crippen molar-refractivity contribution in [1.29, 1.82) is 0 Å². The molecule has 3 heterocycles. The molecule has 0 amide bonds. The molecule has 0 atom stereocenters. The highest BCUT2D eigenvalue weighted by Crippen LogP contribution is 2.27. The number of oxazole rings is 1. The van der Waals surface area contributed by atoms with Gasteiger partial charge in [-0.1, -0.05) is 6.07 Å². The van der Waals surface area contributed by atoms with Crippen LogP contribution in [0.5, 0.6) is 5.75 Å². The van der Waals surface area contributed by atoms with Crippen LogP contribution in [0.25, 0.3) is 10.9 Å². The average molecular weight is 311 g/mol. The molecule has 1 aliphatic rings. The lowest BCUT2D eigenvalue weighted by molar-refractivity contribution is 0.0927. The zero-order chi connectivity index (χ0) is 15.6. The second-order valence-corrected chi connectivity index (χ2v) is 6.15. The lowest BCUT2D eigenvalue weighted by Crippen LogP contribution is -2.37. The number of nitrogens with one attached hydrogen (secondary N) is 1. The summed E-state index contributed by atoms with van der Waals surface area (Å²) in [7, 11) is 0. The van der Waals surface area contributed by atoms with E-state index in [0.717, 1.165) is 60.8 Å². The summed E-state index contributed by atoms with van der Waals surface area (Å²) in [4.78, 5) is 9.89. The molecule has 0 unspecified atom stereocenters. The number of benzene rings is 1. The quantitative estimate of drug-likeness (QED) is 0.801. The SMILES string of the molecule is Cc1cnc(CN2CCC(Oc3cccc4[nH]ccc34)CC2)o1. The monoisotopic (exact) mass is 311 g/mol. The van der Waals surface area contributed by atoms with Gasteiger partial charge in [-0.05, 0) is 38.0 Å². The first kappa shape index (κ1) is 14.3. The molecular weight excluding hydrogens is 290 g/mol. The maximum absolute atomic E-state index is 6.24. The highest BCUT2D eigenvalue weighted by Gasteiger charge is 2.22. The summed E-state index contributed by atoms with van der Waals surface area (Å²) in [6, 6.07) is 8.24. The minimum absolute atomic E-state index is 0.276. The molecular formula is C18H21N3O2. The van der Waals surface area contributed by atoms with Crippen LogP contribution in [0.2, 0.25) is 0 Å². The molecule has 2 aromatic heterocycles. The first-order valence-electron chi connectivity index (χ1n) is 8.14. The molecule has 5 heteroatoms. The molecule has 1 aromatic carbocycles. The Morgan fingerprint density at radius 2 is 2.17 bits per heavy atom. The third-order valence-electron chi connectivity index (χ3n) is 4.41. The van der Waals surface area contributed by atoms with Gasteiger partial charge in [0, 0.05) is 30.2 Å². The van der Waals surface area contributed by atoms with Crippen LogP contribution in [0.1, 0.15) is 24.5 Å². The van der Waals surface area contributed by atoms with Crippen LogP contribution in [-0.2, 0) is 6.54 Å². The van der Waals surface area contributed by atoms with E-state index in [9.17, 15) is 0 Å². The summed E-state index contributed by atoms with van der Waals surface area (Å²) < 4.78 is 11.8. The minimum atomic E-state index is 0.276. The first-order chi connectivity index (χ1) is 11.3. The number of piperidine rings is 1. The molecule has 0 spiro atoms. The number of ether oxygens (including phenoxy) is 1. The van der Waals surface area contributed by atoms with E-state index in [0.29, 0.717) is 0 Å². The summed E-state index contributed by atoms with van der Waals surface area (Å²) >= 11 is 0. The number of fused-ring (bicyclic) bond motifs is 1. The van der Waals surface area contributed by atoms with Crippen LogP contribution in [0.4, 0.5) is 0 Å². The topological polar surface area (TPSA) is 54.3 Å². The number of aromatic amines is 1. The van der Waals surface area contributed by atoms with E-state index in [-0.39, 0.29) is 6.10 Å². The van der Waals surface area contributed by atoms with Crippen LogP contribution in [0.15, 0.2) is 41.1 Å². The van der Waals surface area contributed by atoms with E-state index in [1.54, 1.807) is 6.20 Å². The fourth-order valence-corrected chi connectivity index (χ4v) is 3.19. The summed E-state index contributed by atoms with van der Waals surface area (Å²) in [5.74, 6) is 2.65. The van der Waals surface area contributed by atoms with E-state index in [1.165, 1.54) is 0 Å². The molecule has 1 saturated heterocycles. The third kappa shape index (κ3) is 3.10. The molecule has 1 fully saturated rings. The molecule has 5 nitrogen and oxygen atoms in total. The summed E-state index contributed by atoms with van der Waals surface area (Å²) in [6.07, 6.45) is 6.07. The molecule has 1 N–H and O–H groups in total. The predicted octanol–water partition coefficient (Wildman–Crippen LogP) is 3.51. The largest absolute Gasteiger partial charge is 0.490 e. The average Bonchev–Trinajstić information content (AvgIpc) is 3.19. The Hall–Kier alpha value is -2.27. The molecule has 0 bridgehead atoms. The Labute approximate surface area is 135 Å². The Morgan fingerprint density at radius 3 is 2.96 bits per heavy atom. The van der Waals surface area contributed by atoms with Crippen LogP contribution in [0.3, 0.4) is 0 Å². The minimum Gasteiger partial charge on any atom is -0.490 e. The third-order valence-corrected chi connectivity index (χ3v) is 4.41. The standard InChI is InChI=1S/C18H21N3O2/c1-13-11-20-18(22-13)12-21-9-6-14(7-10-21)23-17-4-2-3-16-15(17)5-8-19-16/h2-5,8,11,14,19H,6-7,9-10,12H2,1H3. The van der Waals surface area contributed by atoms with E-state index in [1.807, 2.05) is 19.2 Å². The van der Waals surface area contributed by atoms with Crippen molar-refractivity contribution in [2.45, 2.75) is 32.4 Å². The predicted molar refractivity (Wildman–Crippen MR) is 88.5 cm³/mol. The van der Waals surface area contributed by atoms with Crippen molar-refractivity contribution in [1.82, 2.24) is 14.9 Å². The lowest BCUT2D eigenvalue weighted by atomic mass is 10.1. The summed E-state index contributed by atoms with van der Waals surface area (Å²) in [5.41, 5.74) is 1.12. The van der Waals surface area contributed by atoms with Crippen molar-refractivity contribution in [3.05, 3.63) is 48.3 Å². The van der Waals surface area contributed by atoms with Gasteiger partial charge in [0.15, 0.2) is 0 Å². The van der Waals surface area contributed by atoms with Crippen molar-refractivity contribution in [3.8, 4) is 5.75 Å². The van der Waals surface area contributed by atoms with Crippen LogP contribution in [0, 0.1) is 6.92 Å². The van der Waals surface area contributed by atoms with Crippen molar-refractivity contribution >= 4 is 10.9 Å². The first-order valence-corrected chi connectivity index (χ1v) is 8.14. The maximum Gasteiger partial charge on any atom is 0.208 e. The van der Waals surface area contributed by atoms with Gasteiger partial charge in [-0.3, -0.25) is 4.90 Å². The van der Waals surface area contributed by atoms with Crippen LogP contribution in [-0.4, -0.2) is 34.1 Å². The number of H-pyrrole nitrogens is 1. The number of hydrogen-bond acceptors (Lipinski definition) is 4. The molecule has 23 heavy (non-hydrogen) atoms. The van der Waals surface area contributed by atoms with E-state index in [2.05, 4.69) is 33.1 Å². The molecule has 120 valence electrons. The van der Waals surface area contributed by atoms with Gasteiger partial charge in [-0.25, -0.2) is 4.98 Å². The number of hydrogen-bond donors (Lipinski definition) is 1. The van der Waals surface area contributed by atoms with Crippen molar-refractivity contribution in [3.63, 3.8) is 0 Å². The van der Waals surface area contributed by atoms with Crippen LogP contribution >= 0.6 is 0 Å². The maximum atomic E-state index is 6.24. The highest BCUT2D eigenvalue weighted by molar-refractivity contribution is 5.85. The number of aromatic nitrogens is 2. The number of likely N-dealkylation sites (tertiary alicyclic amines) is 1. The fraction of sp³-hybridized carbons (Fsp3) is 0.389. The molecule has 0 aliphatic carbocycles. The number of rotatable bonds is 4. The Morgan fingerprint density at radius 1 is 1.30 bits per heavy atom. The fourth-order valence-electron chi connectivity index (χ4n) is 3.19. The van der Waals surface area contributed by atoms with Gasteiger partial charge in [0.1, 0.15) is 17.6 Å². The molecule has 0 saturated carbocycles. The van der Waals surface area contributed by atoms with Crippen molar-refractivity contribution in [2.24, 2.45) is 0 Å². The molecule has 3 aromatic rings. The van der Waals surface area contributed by atoms with Crippen molar-refractivity contribution in [2.75, 3.05) is 13.1 Å². The summed E-state index contributed by atoms with van der Waals surface area (Å²) in [6.45, 7) is 4.73. The second kappa shape index (κ2) is 6.08. The molecule has 4 rings (SSSR count). The Kier molecular flexibility index (Phi) is 3.79. The zero-order valence-corrected chi connectivity index (χ0v) is 13.3. The van der Waals surface area contributed by atoms with Gasteiger partial charge < -0.3 is 14.1 Å². The number of aryl methyl sites for hydroxylation is 1. The van der Waals surface area contributed by atoms with Crippen LogP contribution < -0.4 is 4.74 Å². The normalized spacial score (nSPS) is 16.9. The second-order valence-electron chi connectivity index (χ2n) is 6.15. The van der Waals surface area contributed by atoms with Gasteiger partial charge >= 0.3 is 0 Å². The van der Waals surface area contributed by atoms with Crippen molar-refractivity contribution < 1.29 is 9.15 Å². The van der Waals surface area contributed by atoms with Gasteiger partial charge in [-0.15, -0.1) is 0 Å². The van der Waals surface area contributed by atoms with Gasteiger partial charge in [-0.2, -0.15) is 0 Å². The smallest absolute Gasteiger partial charge is 0.208 e. The lowest BCUT2D eigenvalue weighted by Gasteiger charge is -2.31.